The lowest BCUT2D eigenvalue weighted by Crippen LogP contribution is -2.25. The van der Waals surface area contributed by atoms with Crippen LogP contribution in [0.15, 0.2) is 39.9 Å². The van der Waals surface area contributed by atoms with Crippen LogP contribution < -0.4 is 11.1 Å². The van der Waals surface area contributed by atoms with Crippen LogP contribution in [-0.2, 0) is 13.0 Å². The molecule has 0 aliphatic rings. The standard InChI is InChI=1S/C24H25F2N5O2/c1-6-15-9-8-10-17(25)21(15)22-23(32)16-11-18(26)20(12-19(16)30(28-22)13(3)4)31-24(33)29(7-2)14(5)27-31/h8-13H,6-7H2,1-5H3. The Hall–Kier alpha value is -3.62. The van der Waals surface area contributed by atoms with E-state index in [4.69, 9.17) is 0 Å². The summed E-state index contributed by atoms with van der Waals surface area (Å²) in [6.07, 6.45) is 0.504. The summed E-state index contributed by atoms with van der Waals surface area (Å²) in [6.45, 7) is 9.43. The largest absolute Gasteiger partial charge is 0.350 e. The number of nitrogens with zero attached hydrogens (tertiary/aromatic N) is 5. The Balaban J connectivity index is 2.08. The predicted octanol–water partition coefficient (Wildman–Crippen LogP) is 4.16. The normalized spacial score (nSPS) is 11.6. The Kier molecular flexibility index (Phi) is 5.73. The smallest absolute Gasteiger partial charge is 0.287 e. The molecule has 0 fully saturated rings. The van der Waals surface area contributed by atoms with E-state index < -0.39 is 22.8 Å². The van der Waals surface area contributed by atoms with Gasteiger partial charge in [-0.15, -0.1) is 0 Å². The maximum absolute atomic E-state index is 15.3. The van der Waals surface area contributed by atoms with Gasteiger partial charge < -0.3 is 0 Å². The van der Waals surface area contributed by atoms with Crippen LogP contribution in [0.1, 0.15) is 45.1 Å². The van der Waals surface area contributed by atoms with Gasteiger partial charge in [0, 0.05) is 18.2 Å². The zero-order valence-corrected chi connectivity index (χ0v) is 19.2. The number of aromatic nitrogens is 5. The van der Waals surface area contributed by atoms with Crippen molar-refractivity contribution in [2.45, 2.75) is 53.6 Å². The van der Waals surface area contributed by atoms with Gasteiger partial charge in [0.25, 0.3) is 0 Å². The van der Waals surface area contributed by atoms with E-state index in [1.165, 1.54) is 16.7 Å². The summed E-state index contributed by atoms with van der Waals surface area (Å²) in [7, 11) is 0. The van der Waals surface area contributed by atoms with Crippen LogP contribution in [0.5, 0.6) is 0 Å². The topological polar surface area (TPSA) is 74.7 Å². The van der Waals surface area contributed by atoms with Crippen molar-refractivity contribution >= 4 is 10.9 Å². The Labute approximate surface area is 188 Å². The van der Waals surface area contributed by atoms with E-state index in [0.29, 0.717) is 29.9 Å². The molecule has 0 radical (unpaired) electrons. The van der Waals surface area contributed by atoms with Gasteiger partial charge in [0.1, 0.15) is 28.8 Å². The fraction of sp³-hybridized carbons (Fsp3) is 0.333. The van der Waals surface area contributed by atoms with Gasteiger partial charge in [-0.05, 0) is 57.9 Å². The second kappa shape index (κ2) is 8.38. The van der Waals surface area contributed by atoms with Gasteiger partial charge in [-0.2, -0.15) is 14.9 Å². The highest BCUT2D eigenvalue weighted by Crippen LogP contribution is 2.28. The van der Waals surface area contributed by atoms with E-state index in [9.17, 15) is 14.0 Å². The van der Waals surface area contributed by atoms with Crippen LogP contribution in [0.25, 0.3) is 27.8 Å². The molecule has 2 aromatic heterocycles. The van der Waals surface area contributed by atoms with Crippen LogP contribution in [0.4, 0.5) is 8.78 Å². The van der Waals surface area contributed by atoms with Gasteiger partial charge in [-0.25, -0.2) is 13.6 Å². The molecule has 9 heteroatoms. The number of hydrogen-bond acceptors (Lipinski definition) is 4. The van der Waals surface area contributed by atoms with E-state index in [1.807, 2.05) is 20.8 Å². The summed E-state index contributed by atoms with van der Waals surface area (Å²) >= 11 is 0. The highest BCUT2D eigenvalue weighted by molar-refractivity contribution is 5.85. The van der Waals surface area contributed by atoms with Crippen LogP contribution >= 0.6 is 0 Å². The van der Waals surface area contributed by atoms with E-state index >= 15 is 4.39 Å². The molecule has 0 atom stereocenters. The summed E-state index contributed by atoms with van der Waals surface area (Å²) in [5, 5.41) is 8.73. The average Bonchev–Trinajstić information content (AvgIpc) is 3.06. The number of aryl methyl sites for hydroxylation is 2. The Bertz CT molecular complexity index is 1500. The number of halogens is 2. The van der Waals surface area contributed by atoms with Crippen molar-refractivity contribution in [1.82, 2.24) is 24.1 Å². The Morgan fingerprint density at radius 1 is 1.03 bits per heavy atom. The molecule has 0 aliphatic heterocycles. The third kappa shape index (κ3) is 3.57. The van der Waals surface area contributed by atoms with Crippen LogP contribution in [-0.4, -0.2) is 24.1 Å². The maximum Gasteiger partial charge on any atom is 0.350 e. The van der Waals surface area contributed by atoms with E-state index in [2.05, 4.69) is 10.2 Å². The molecule has 0 N–H and O–H groups in total. The molecule has 7 nitrogen and oxygen atoms in total. The number of benzene rings is 2. The number of rotatable bonds is 5. The minimum atomic E-state index is -0.779. The molecule has 33 heavy (non-hydrogen) atoms. The third-order valence-corrected chi connectivity index (χ3v) is 5.78. The van der Waals surface area contributed by atoms with Gasteiger partial charge >= 0.3 is 5.69 Å². The molecule has 0 saturated carbocycles. The molecule has 4 rings (SSSR count). The first kappa shape index (κ1) is 22.6. The van der Waals surface area contributed by atoms with Gasteiger partial charge in [0.05, 0.1) is 10.9 Å². The van der Waals surface area contributed by atoms with Crippen LogP contribution in [0.3, 0.4) is 0 Å². The first-order chi connectivity index (χ1) is 15.7. The summed E-state index contributed by atoms with van der Waals surface area (Å²) in [5.41, 5.74) is -0.101. The first-order valence-corrected chi connectivity index (χ1v) is 10.9. The molecule has 0 saturated heterocycles. The maximum atomic E-state index is 15.3. The lowest BCUT2D eigenvalue weighted by molar-refractivity contribution is 0.540. The molecule has 0 bridgehead atoms. The molecule has 2 heterocycles. The molecule has 0 spiro atoms. The number of fused-ring (bicyclic) bond motifs is 1. The second-order valence-electron chi connectivity index (χ2n) is 8.15. The molecule has 4 aromatic rings. The van der Waals surface area contributed by atoms with Gasteiger partial charge in [0.2, 0.25) is 5.43 Å². The van der Waals surface area contributed by atoms with Crippen molar-refractivity contribution in [2.75, 3.05) is 0 Å². The molecular formula is C24H25F2N5O2. The predicted molar refractivity (Wildman–Crippen MR) is 123 cm³/mol. The first-order valence-electron chi connectivity index (χ1n) is 10.9. The van der Waals surface area contributed by atoms with E-state index in [-0.39, 0.29) is 28.4 Å². The zero-order valence-electron chi connectivity index (χ0n) is 19.2. The molecule has 0 aliphatic carbocycles. The summed E-state index contributed by atoms with van der Waals surface area (Å²) in [6, 6.07) is 6.86. The summed E-state index contributed by atoms with van der Waals surface area (Å²) in [4.78, 5) is 26.1. The average molecular weight is 453 g/mol. The molecular weight excluding hydrogens is 428 g/mol. The Morgan fingerprint density at radius 3 is 2.36 bits per heavy atom. The summed E-state index contributed by atoms with van der Waals surface area (Å²) < 4.78 is 34.0. The fourth-order valence-electron chi connectivity index (χ4n) is 4.12. The minimum Gasteiger partial charge on any atom is -0.287 e. The van der Waals surface area contributed by atoms with Crippen molar-refractivity contribution in [2.24, 2.45) is 0 Å². The van der Waals surface area contributed by atoms with Crippen LogP contribution in [0.2, 0.25) is 0 Å². The minimum absolute atomic E-state index is 0.0555. The Morgan fingerprint density at radius 2 is 1.76 bits per heavy atom. The lowest BCUT2D eigenvalue weighted by atomic mass is 10.00. The fourth-order valence-corrected chi connectivity index (χ4v) is 4.12. The van der Waals surface area contributed by atoms with Crippen molar-refractivity contribution in [1.29, 1.82) is 0 Å². The molecule has 172 valence electrons. The van der Waals surface area contributed by atoms with Gasteiger partial charge in [-0.3, -0.25) is 14.0 Å². The molecule has 2 aromatic carbocycles. The zero-order chi connectivity index (χ0) is 24.0. The van der Waals surface area contributed by atoms with Crippen molar-refractivity contribution < 1.29 is 8.78 Å². The van der Waals surface area contributed by atoms with Crippen molar-refractivity contribution in [3.8, 4) is 16.9 Å². The van der Waals surface area contributed by atoms with Gasteiger partial charge in [-0.1, -0.05) is 19.1 Å². The highest BCUT2D eigenvalue weighted by Gasteiger charge is 2.22. The highest BCUT2D eigenvalue weighted by atomic mass is 19.1. The van der Waals surface area contributed by atoms with E-state index in [0.717, 1.165) is 10.7 Å². The monoisotopic (exact) mass is 453 g/mol. The van der Waals surface area contributed by atoms with Crippen molar-refractivity contribution in [3.63, 3.8) is 0 Å². The van der Waals surface area contributed by atoms with Gasteiger partial charge in [0.15, 0.2) is 0 Å². The quantitative estimate of drug-likeness (QED) is 0.455. The lowest BCUT2D eigenvalue weighted by Gasteiger charge is -2.17. The SMILES string of the molecule is CCc1cccc(F)c1-c1nn(C(C)C)c2cc(-n3nc(C)n(CC)c3=O)c(F)cc2c1=O. The second-order valence-corrected chi connectivity index (χ2v) is 8.15. The molecule has 0 unspecified atom stereocenters. The van der Waals surface area contributed by atoms with E-state index in [1.54, 1.807) is 30.7 Å². The van der Waals surface area contributed by atoms with Crippen LogP contribution in [0, 0.1) is 18.6 Å². The van der Waals surface area contributed by atoms with Crippen molar-refractivity contribution in [3.05, 3.63) is 74.1 Å². The summed E-state index contributed by atoms with van der Waals surface area (Å²) in [5.74, 6) is -0.889. The third-order valence-electron chi connectivity index (χ3n) is 5.78. The molecule has 0 amide bonds. The number of hydrogen-bond donors (Lipinski definition) is 0.